The van der Waals surface area contributed by atoms with Crippen LogP contribution in [0.3, 0.4) is 0 Å². The molecule has 0 saturated heterocycles. The number of benzene rings is 2. The smallest absolute Gasteiger partial charge is 0.368 e. The molecule has 0 spiro atoms. The molecule has 2 aromatic carbocycles. The molecule has 162 valence electrons. The van der Waals surface area contributed by atoms with Crippen LogP contribution in [0, 0.1) is 22.7 Å². The number of nitrogens with zero attached hydrogens (tertiary/aromatic N) is 6. The summed E-state index contributed by atoms with van der Waals surface area (Å²) in [5, 5.41) is 26.9. The van der Waals surface area contributed by atoms with Crippen molar-refractivity contribution in [3.63, 3.8) is 0 Å². The summed E-state index contributed by atoms with van der Waals surface area (Å²) in [7, 11) is 0. The van der Waals surface area contributed by atoms with E-state index in [-0.39, 0.29) is 35.6 Å². The summed E-state index contributed by atoms with van der Waals surface area (Å²) in [6.07, 6.45) is -4.53. The van der Waals surface area contributed by atoms with Gasteiger partial charge in [-0.1, -0.05) is 18.2 Å². The number of allylic oxidation sites excluding steroid dienone is 2. The van der Waals surface area contributed by atoms with Gasteiger partial charge in [0.15, 0.2) is 0 Å². The van der Waals surface area contributed by atoms with Gasteiger partial charge in [-0.25, -0.2) is 0 Å². The molecule has 2 heterocycles. The number of aromatic nitrogens is 3. The molecule has 1 aliphatic rings. The van der Waals surface area contributed by atoms with Gasteiger partial charge in [0.2, 0.25) is 11.9 Å². The average molecular weight is 458 g/mol. The maximum absolute atomic E-state index is 13.3. The number of nitrogen functional groups attached to an aromatic ring is 1. The lowest BCUT2D eigenvalue weighted by Crippen LogP contribution is -2.31. The molecule has 0 aliphatic carbocycles. The molecule has 3 aromatic rings. The predicted molar refractivity (Wildman–Crippen MR) is 113 cm³/mol. The first kappa shape index (κ1) is 22.7. The van der Waals surface area contributed by atoms with E-state index in [0.29, 0.717) is 16.8 Å². The molecule has 0 radical (unpaired) electrons. The van der Waals surface area contributed by atoms with Crippen LogP contribution in [-0.4, -0.2) is 14.8 Å². The molecule has 0 amide bonds. The van der Waals surface area contributed by atoms with E-state index in [0.717, 1.165) is 12.1 Å². The minimum Gasteiger partial charge on any atom is -0.368 e. The third-order valence-electron chi connectivity index (χ3n) is 5.07. The lowest BCUT2D eigenvalue weighted by atomic mass is 9.94. The normalized spacial score (nSPS) is 15.4. The third-order valence-corrected chi connectivity index (χ3v) is 5.07. The van der Waals surface area contributed by atoms with Crippen LogP contribution in [0.5, 0.6) is 0 Å². The van der Waals surface area contributed by atoms with Crippen molar-refractivity contribution in [2.45, 2.75) is 19.1 Å². The molecule has 0 saturated carbocycles. The molecular formula is C21H15ClF3N7. The van der Waals surface area contributed by atoms with E-state index >= 15 is 0 Å². The SMILES string of the molecule is CC1=C(C#N)C(c2ccc(C#N)cc2)n2c(N)nnc2N1c1cccc(C(F)(F)F)c1.Cl. The van der Waals surface area contributed by atoms with E-state index in [1.165, 1.54) is 21.6 Å². The first-order valence-corrected chi connectivity index (χ1v) is 9.05. The summed E-state index contributed by atoms with van der Waals surface area (Å²) in [5.41, 5.74) is 7.16. The molecule has 2 N–H and O–H groups in total. The number of fused-ring (bicyclic) bond motifs is 1. The number of hydrogen-bond acceptors (Lipinski definition) is 6. The Morgan fingerprint density at radius 2 is 1.72 bits per heavy atom. The van der Waals surface area contributed by atoms with Gasteiger partial charge in [0, 0.05) is 11.4 Å². The summed E-state index contributed by atoms with van der Waals surface area (Å²) < 4.78 is 41.3. The van der Waals surface area contributed by atoms with Gasteiger partial charge in [-0.3, -0.25) is 9.47 Å². The summed E-state index contributed by atoms with van der Waals surface area (Å²) in [6.45, 7) is 1.63. The summed E-state index contributed by atoms with van der Waals surface area (Å²) in [4.78, 5) is 1.43. The number of nitriles is 2. The molecule has 7 nitrogen and oxygen atoms in total. The van der Waals surface area contributed by atoms with Crippen LogP contribution in [0.1, 0.15) is 29.7 Å². The van der Waals surface area contributed by atoms with Crippen molar-refractivity contribution in [3.8, 4) is 12.1 Å². The highest BCUT2D eigenvalue weighted by Crippen LogP contribution is 2.44. The van der Waals surface area contributed by atoms with E-state index in [1.54, 1.807) is 31.2 Å². The molecule has 11 heteroatoms. The standard InChI is InChI=1S/C21H14F3N7.ClH/c1-12-17(11-26)18(14-7-5-13(10-25)6-8-14)31-19(27)28-29-20(31)30(12)16-4-2-3-15(9-16)21(22,23)24;/h2-9,18H,1H3,(H2,27,28);1H. The molecule has 0 fully saturated rings. The lowest BCUT2D eigenvalue weighted by Gasteiger charge is -2.35. The van der Waals surface area contributed by atoms with Crippen molar-refractivity contribution < 1.29 is 13.2 Å². The number of rotatable bonds is 2. The Labute approximate surface area is 187 Å². The Morgan fingerprint density at radius 1 is 1.03 bits per heavy atom. The zero-order valence-corrected chi connectivity index (χ0v) is 17.3. The number of anilines is 3. The van der Waals surface area contributed by atoms with Crippen LogP contribution in [0.2, 0.25) is 0 Å². The first-order valence-electron chi connectivity index (χ1n) is 9.05. The highest BCUT2D eigenvalue weighted by Gasteiger charge is 2.37. The van der Waals surface area contributed by atoms with Gasteiger partial charge in [-0.15, -0.1) is 22.6 Å². The fourth-order valence-corrected chi connectivity index (χ4v) is 3.62. The van der Waals surface area contributed by atoms with E-state index in [1.807, 2.05) is 6.07 Å². The molecule has 0 bridgehead atoms. The fourth-order valence-electron chi connectivity index (χ4n) is 3.62. The monoisotopic (exact) mass is 457 g/mol. The van der Waals surface area contributed by atoms with E-state index in [2.05, 4.69) is 16.3 Å². The minimum absolute atomic E-state index is 0. The lowest BCUT2D eigenvalue weighted by molar-refractivity contribution is -0.137. The van der Waals surface area contributed by atoms with Crippen molar-refractivity contribution in [1.82, 2.24) is 14.8 Å². The highest BCUT2D eigenvalue weighted by molar-refractivity contribution is 5.85. The molecule has 4 rings (SSSR count). The third kappa shape index (κ3) is 3.61. The second-order valence-corrected chi connectivity index (χ2v) is 6.86. The largest absolute Gasteiger partial charge is 0.416 e. The Bertz CT molecular complexity index is 1280. The van der Waals surface area contributed by atoms with Crippen LogP contribution in [0.4, 0.5) is 30.8 Å². The van der Waals surface area contributed by atoms with Crippen molar-refractivity contribution in [1.29, 1.82) is 10.5 Å². The molecule has 1 aromatic heterocycles. The molecular weight excluding hydrogens is 443 g/mol. The molecule has 32 heavy (non-hydrogen) atoms. The van der Waals surface area contributed by atoms with Crippen molar-refractivity contribution in [2.75, 3.05) is 10.6 Å². The van der Waals surface area contributed by atoms with Crippen molar-refractivity contribution in [3.05, 3.63) is 76.5 Å². The van der Waals surface area contributed by atoms with Crippen molar-refractivity contribution >= 4 is 30.0 Å². The Hall–Kier alpha value is -4.02. The topological polar surface area (TPSA) is 108 Å². The maximum Gasteiger partial charge on any atom is 0.416 e. The van der Waals surface area contributed by atoms with Crippen LogP contribution >= 0.6 is 12.4 Å². The van der Waals surface area contributed by atoms with Crippen molar-refractivity contribution in [2.24, 2.45) is 0 Å². The average Bonchev–Trinajstić information content (AvgIpc) is 3.13. The second kappa shape index (κ2) is 8.25. The molecule has 1 aliphatic heterocycles. The Balaban J connectivity index is 0.00000289. The van der Waals surface area contributed by atoms with Crippen LogP contribution in [0.15, 0.2) is 59.8 Å². The van der Waals surface area contributed by atoms with E-state index in [9.17, 15) is 18.4 Å². The number of halogens is 4. The van der Waals surface area contributed by atoms with E-state index in [4.69, 9.17) is 11.0 Å². The molecule has 1 unspecified atom stereocenters. The van der Waals surface area contributed by atoms with Gasteiger partial charge in [0.1, 0.15) is 6.04 Å². The quantitative estimate of drug-likeness (QED) is 0.597. The van der Waals surface area contributed by atoms with Gasteiger partial charge >= 0.3 is 6.18 Å². The van der Waals surface area contributed by atoms with Gasteiger partial charge in [0.25, 0.3) is 0 Å². The maximum atomic E-state index is 13.3. The Morgan fingerprint density at radius 3 is 2.31 bits per heavy atom. The Kier molecular flexibility index (Phi) is 5.84. The highest BCUT2D eigenvalue weighted by atomic mass is 35.5. The second-order valence-electron chi connectivity index (χ2n) is 6.86. The zero-order chi connectivity index (χ0) is 22.3. The summed E-state index contributed by atoms with van der Waals surface area (Å²) in [5.74, 6) is 0.185. The van der Waals surface area contributed by atoms with E-state index < -0.39 is 17.8 Å². The molecule has 1 atom stereocenters. The van der Waals surface area contributed by atoms with Gasteiger partial charge in [0.05, 0.1) is 28.8 Å². The number of hydrogen-bond donors (Lipinski definition) is 1. The summed E-state index contributed by atoms with van der Waals surface area (Å²) >= 11 is 0. The van der Waals surface area contributed by atoms with Gasteiger partial charge in [-0.2, -0.15) is 23.7 Å². The van der Waals surface area contributed by atoms with Crippen LogP contribution < -0.4 is 10.6 Å². The number of nitrogens with two attached hydrogens (primary N) is 1. The predicted octanol–water partition coefficient (Wildman–Crippen LogP) is 4.71. The minimum atomic E-state index is -4.53. The first-order chi connectivity index (χ1) is 14.8. The van der Waals surface area contributed by atoms with Crippen LogP contribution in [0.25, 0.3) is 0 Å². The zero-order valence-electron chi connectivity index (χ0n) is 16.5. The number of alkyl halides is 3. The van der Waals surface area contributed by atoms with Crippen LogP contribution in [-0.2, 0) is 6.18 Å². The summed E-state index contributed by atoms with van der Waals surface area (Å²) in [6, 6.07) is 14.8. The fraction of sp³-hybridized carbons (Fsp3) is 0.143. The van der Waals surface area contributed by atoms with Gasteiger partial charge in [-0.05, 0) is 42.8 Å². The van der Waals surface area contributed by atoms with Gasteiger partial charge < -0.3 is 5.73 Å².